The quantitative estimate of drug-likeness (QED) is 0.644. The summed E-state index contributed by atoms with van der Waals surface area (Å²) in [6.07, 6.45) is 2.52. The highest BCUT2D eigenvalue weighted by Gasteiger charge is 2.25. The molecule has 0 saturated carbocycles. The molecule has 3 aromatic rings. The number of nitrogens with two attached hydrogens (primary N) is 1. The molecule has 4 rings (SSSR count). The molecular formula is C20H30N6O3S. The number of hydrogen-bond acceptors (Lipinski definition) is 9. The van der Waals surface area contributed by atoms with E-state index in [4.69, 9.17) is 10.2 Å². The lowest BCUT2D eigenvalue weighted by atomic mass is 10.1. The molecule has 1 atom stereocenters. The summed E-state index contributed by atoms with van der Waals surface area (Å²) in [6.45, 7) is 6.60. The Morgan fingerprint density at radius 3 is 2.60 bits per heavy atom. The average Bonchev–Trinajstić information content (AvgIpc) is 3.37. The first kappa shape index (κ1) is 20.4. The van der Waals surface area contributed by atoms with Crippen LogP contribution in [0.15, 0.2) is 39.8 Å². The molecule has 1 unspecified atom stereocenters. The van der Waals surface area contributed by atoms with Gasteiger partial charge in [0.2, 0.25) is 0 Å². The standard InChI is InChI=1S/C20H24N6O3S.3H2/c1-12(2)30(27,28)16-6-4-14(5-7-16)17-10-22-13(3)18(23-17)19-24-25-20(29-19)26-9-8-15(21)11-26;;;/h4-7,10,12,15H,8-9,11,21H2,1-3H3;3*1H. The largest absolute Gasteiger partial charge is 0.401 e. The Morgan fingerprint density at radius 2 is 1.97 bits per heavy atom. The summed E-state index contributed by atoms with van der Waals surface area (Å²) in [5.74, 6) is 0.288. The van der Waals surface area contributed by atoms with E-state index < -0.39 is 15.1 Å². The Balaban J connectivity index is 0.00000181. The molecule has 30 heavy (non-hydrogen) atoms. The van der Waals surface area contributed by atoms with E-state index in [0.717, 1.165) is 18.5 Å². The lowest BCUT2D eigenvalue weighted by Crippen LogP contribution is -2.26. The minimum absolute atomic E-state index is 0. The number of hydrogen-bond donors (Lipinski definition) is 1. The molecule has 1 fully saturated rings. The minimum Gasteiger partial charge on any atom is -0.401 e. The van der Waals surface area contributed by atoms with Crippen molar-refractivity contribution in [2.45, 2.75) is 43.4 Å². The number of aromatic nitrogens is 4. The normalized spacial score (nSPS) is 17.1. The first-order chi connectivity index (χ1) is 14.3. The molecule has 0 amide bonds. The zero-order chi connectivity index (χ0) is 21.5. The van der Waals surface area contributed by atoms with Gasteiger partial charge in [0.05, 0.1) is 27.7 Å². The zero-order valence-electron chi connectivity index (χ0n) is 17.1. The first-order valence-corrected chi connectivity index (χ1v) is 11.3. The van der Waals surface area contributed by atoms with E-state index in [-0.39, 0.29) is 21.1 Å². The summed E-state index contributed by atoms with van der Waals surface area (Å²) >= 11 is 0. The Bertz CT molecular complexity index is 1170. The van der Waals surface area contributed by atoms with Crippen LogP contribution in [0, 0.1) is 6.92 Å². The summed E-state index contributed by atoms with van der Waals surface area (Å²) in [5.41, 5.74) is 8.44. The zero-order valence-corrected chi connectivity index (χ0v) is 17.9. The SMILES string of the molecule is Cc1ncc(-c2ccc(S(=O)(=O)C(C)C)cc2)nc1-c1nnc(N2CCC(N)C2)o1.[HH].[HH].[HH]. The fraction of sp³-hybridized carbons (Fsp3) is 0.400. The second-order valence-corrected chi connectivity index (χ2v) is 10.2. The van der Waals surface area contributed by atoms with Crippen molar-refractivity contribution in [2.24, 2.45) is 5.73 Å². The van der Waals surface area contributed by atoms with Crippen LogP contribution < -0.4 is 10.6 Å². The van der Waals surface area contributed by atoms with E-state index in [1.807, 2.05) is 11.8 Å². The minimum atomic E-state index is -3.33. The highest BCUT2D eigenvalue weighted by atomic mass is 32.2. The molecule has 9 nitrogen and oxygen atoms in total. The Labute approximate surface area is 179 Å². The maximum Gasteiger partial charge on any atom is 0.318 e. The average molecular weight is 435 g/mol. The molecule has 1 aromatic carbocycles. The highest BCUT2D eigenvalue weighted by molar-refractivity contribution is 7.92. The summed E-state index contributed by atoms with van der Waals surface area (Å²) in [7, 11) is -3.33. The molecule has 10 heteroatoms. The van der Waals surface area contributed by atoms with E-state index in [0.29, 0.717) is 29.6 Å². The van der Waals surface area contributed by atoms with E-state index in [9.17, 15) is 8.42 Å². The van der Waals surface area contributed by atoms with Gasteiger partial charge < -0.3 is 15.1 Å². The van der Waals surface area contributed by atoms with Crippen molar-refractivity contribution in [2.75, 3.05) is 18.0 Å². The lowest BCUT2D eigenvalue weighted by molar-refractivity contribution is 0.553. The van der Waals surface area contributed by atoms with Crippen LogP contribution in [-0.2, 0) is 9.84 Å². The summed E-state index contributed by atoms with van der Waals surface area (Å²) < 4.78 is 30.5. The summed E-state index contributed by atoms with van der Waals surface area (Å²) in [4.78, 5) is 11.3. The van der Waals surface area contributed by atoms with Gasteiger partial charge >= 0.3 is 6.01 Å². The molecule has 0 aliphatic carbocycles. The molecule has 0 spiro atoms. The van der Waals surface area contributed by atoms with E-state index >= 15 is 0 Å². The fourth-order valence-corrected chi connectivity index (χ4v) is 4.34. The molecule has 2 N–H and O–H groups in total. The van der Waals surface area contributed by atoms with E-state index in [1.165, 1.54) is 0 Å². The van der Waals surface area contributed by atoms with Crippen molar-refractivity contribution in [3.8, 4) is 22.8 Å². The van der Waals surface area contributed by atoms with Crippen LogP contribution in [-0.4, -0.2) is 53.0 Å². The molecule has 0 bridgehead atoms. The Kier molecular flexibility index (Phi) is 5.29. The number of nitrogens with zero attached hydrogens (tertiary/aromatic N) is 5. The lowest BCUT2D eigenvalue weighted by Gasteiger charge is -2.11. The van der Waals surface area contributed by atoms with Crippen molar-refractivity contribution in [3.63, 3.8) is 0 Å². The van der Waals surface area contributed by atoms with E-state index in [1.54, 1.807) is 44.3 Å². The predicted molar refractivity (Wildman–Crippen MR) is 119 cm³/mol. The van der Waals surface area contributed by atoms with Gasteiger partial charge in [-0.2, -0.15) is 0 Å². The van der Waals surface area contributed by atoms with Crippen LogP contribution in [0.5, 0.6) is 0 Å². The second kappa shape index (κ2) is 7.77. The number of aryl methyl sites for hydroxylation is 1. The van der Waals surface area contributed by atoms with Gasteiger partial charge in [0.15, 0.2) is 9.84 Å². The van der Waals surface area contributed by atoms with Gasteiger partial charge in [0.1, 0.15) is 5.69 Å². The number of sulfone groups is 1. The van der Waals surface area contributed by atoms with Crippen LogP contribution in [0.4, 0.5) is 6.01 Å². The first-order valence-electron chi connectivity index (χ1n) is 9.78. The van der Waals surface area contributed by atoms with Gasteiger partial charge in [-0.15, -0.1) is 5.10 Å². The van der Waals surface area contributed by atoms with Crippen LogP contribution in [0.1, 0.15) is 30.2 Å². The molecule has 164 valence electrons. The third-order valence-corrected chi connectivity index (χ3v) is 7.34. The van der Waals surface area contributed by atoms with Crippen molar-refractivity contribution < 1.29 is 17.1 Å². The maximum absolute atomic E-state index is 12.3. The van der Waals surface area contributed by atoms with Crippen LogP contribution in [0.25, 0.3) is 22.8 Å². The van der Waals surface area contributed by atoms with E-state index in [2.05, 4.69) is 20.2 Å². The van der Waals surface area contributed by atoms with Crippen molar-refractivity contribution in [1.29, 1.82) is 0 Å². The third-order valence-electron chi connectivity index (χ3n) is 5.17. The van der Waals surface area contributed by atoms with Gasteiger partial charge in [-0.25, -0.2) is 13.4 Å². The monoisotopic (exact) mass is 434 g/mol. The summed E-state index contributed by atoms with van der Waals surface area (Å²) in [5, 5.41) is 7.78. The highest BCUT2D eigenvalue weighted by Crippen LogP contribution is 2.27. The van der Waals surface area contributed by atoms with Crippen molar-refractivity contribution >= 4 is 15.9 Å². The number of rotatable bonds is 5. The molecule has 0 radical (unpaired) electrons. The molecule has 3 heterocycles. The van der Waals surface area contributed by atoms with Crippen molar-refractivity contribution in [1.82, 2.24) is 20.2 Å². The van der Waals surface area contributed by atoms with Crippen LogP contribution in [0.3, 0.4) is 0 Å². The summed E-state index contributed by atoms with van der Waals surface area (Å²) in [6, 6.07) is 7.16. The van der Waals surface area contributed by atoms with Gasteiger partial charge in [-0.3, -0.25) is 4.98 Å². The molecule has 1 aliphatic heterocycles. The maximum atomic E-state index is 12.3. The smallest absolute Gasteiger partial charge is 0.318 e. The predicted octanol–water partition coefficient (Wildman–Crippen LogP) is 2.96. The number of anilines is 1. The van der Waals surface area contributed by atoms with Gasteiger partial charge in [0, 0.05) is 29.0 Å². The topological polar surface area (TPSA) is 128 Å². The molecule has 1 aliphatic rings. The Hall–Kier alpha value is -2.85. The molecular weight excluding hydrogens is 404 g/mol. The van der Waals surface area contributed by atoms with Gasteiger partial charge in [0.25, 0.3) is 5.89 Å². The van der Waals surface area contributed by atoms with Gasteiger partial charge in [-0.1, -0.05) is 17.2 Å². The van der Waals surface area contributed by atoms with Crippen LogP contribution in [0.2, 0.25) is 0 Å². The Morgan fingerprint density at radius 1 is 1.23 bits per heavy atom. The van der Waals surface area contributed by atoms with Crippen molar-refractivity contribution in [3.05, 3.63) is 36.2 Å². The third kappa shape index (κ3) is 3.80. The molecule has 1 saturated heterocycles. The number of benzene rings is 1. The fourth-order valence-electron chi connectivity index (χ4n) is 3.28. The second-order valence-electron chi connectivity index (χ2n) is 7.69. The van der Waals surface area contributed by atoms with Gasteiger partial charge in [-0.05, 0) is 39.3 Å². The molecule has 2 aromatic heterocycles. The van der Waals surface area contributed by atoms with Crippen LogP contribution >= 0.6 is 0 Å².